The lowest BCUT2D eigenvalue weighted by molar-refractivity contribution is -0.141. The van der Waals surface area contributed by atoms with Crippen molar-refractivity contribution in [3.63, 3.8) is 0 Å². The maximum absolute atomic E-state index is 11.2. The fourth-order valence-corrected chi connectivity index (χ4v) is 2.06. The number of hydrogen-bond donors (Lipinski definition) is 0. The Kier molecular flexibility index (Phi) is 8.67. The average molecular weight is 279 g/mol. The molecule has 1 aromatic rings. The molecule has 0 atom stereocenters. The summed E-state index contributed by atoms with van der Waals surface area (Å²) in [5.74, 6) is -0.157. The molecule has 1 rings (SSSR count). The van der Waals surface area contributed by atoms with Crippen LogP contribution in [0.1, 0.15) is 18.4 Å². The van der Waals surface area contributed by atoms with Crippen molar-refractivity contribution < 1.29 is 14.3 Å². The summed E-state index contributed by atoms with van der Waals surface area (Å²) in [7, 11) is 3.12. The van der Waals surface area contributed by atoms with E-state index in [4.69, 9.17) is 4.74 Å². The van der Waals surface area contributed by atoms with Gasteiger partial charge in [-0.3, -0.25) is 4.79 Å². The first kappa shape index (κ1) is 16.7. The number of rotatable bonds is 10. The van der Waals surface area contributed by atoms with Crippen molar-refractivity contribution in [3.8, 4) is 0 Å². The van der Waals surface area contributed by atoms with E-state index in [0.29, 0.717) is 13.0 Å². The van der Waals surface area contributed by atoms with Gasteiger partial charge in [0.15, 0.2) is 0 Å². The van der Waals surface area contributed by atoms with E-state index in [-0.39, 0.29) is 5.97 Å². The molecule has 4 nitrogen and oxygen atoms in total. The molecule has 0 spiro atoms. The molecule has 0 saturated heterocycles. The third-order valence-electron chi connectivity index (χ3n) is 3.25. The topological polar surface area (TPSA) is 38.8 Å². The summed E-state index contributed by atoms with van der Waals surface area (Å²) in [5.41, 5.74) is 1.35. The van der Waals surface area contributed by atoms with Gasteiger partial charge in [-0.25, -0.2) is 0 Å². The Morgan fingerprint density at radius 1 is 1.10 bits per heavy atom. The minimum absolute atomic E-state index is 0.157. The van der Waals surface area contributed by atoms with E-state index in [1.54, 1.807) is 7.11 Å². The summed E-state index contributed by atoms with van der Waals surface area (Å²) in [6.07, 6.45) is 2.57. The highest BCUT2D eigenvalue weighted by molar-refractivity contribution is 5.69. The van der Waals surface area contributed by atoms with E-state index in [1.165, 1.54) is 12.7 Å². The number of ether oxygens (including phenoxy) is 2. The maximum Gasteiger partial charge on any atom is 0.306 e. The Hall–Kier alpha value is -1.39. The molecular formula is C16H25NO3. The second-order valence-electron chi connectivity index (χ2n) is 4.75. The normalized spacial score (nSPS) is 10.8. The van der Waals surface area contributed by atoms with Crippen LogP contribution < -0.4 is 0 Å². The van der Waals surface area contributed by atoms with Crippen molar-refractivity contribution in [1.82, 2.24) is 4.90 Å². The molecule has 4 heteroatoms. The zero-order chi connectivity index (χ0) is 14.6. The van der Waals surface area contributed by atoms with E-state index in [9.17, 15) is 4.79 Å². The highest BCUT2D eigenvalue weighted by Gasteiger charge is 2.08. The third-order valence-corrected chi connectivity index (χ3v) is 3.25. The van der Waals surface area contributed by atoms with E-state index in [2.05, 4.69) is 33.9 Å². The van der Waals surface area contributed by atoms with Crippen LogP contribution in [0.2, 0.25) is 0 Å². The molecule has 0 aliphatic rings. The average Bonchev–Trinajstić information content (AvgIpc) is 2.50. The first-order valence-corrected chi connectivity index (χ1v) is 7.08. The maximum atomic E-state index is 11.2. The number of nitrogens with zero attached hydrogens (tertiary/aromatic N) is 1. The van der Waals surface area contributed by atoms with Crippen molar-refractivity contribution in [2.75, 3.05) is 40.5 Å². The van der Waals surface area contributed by atoms with Gasteiger partial charge >= 0.3 is 5.97 Å². The van der Waals surface area contributed by atoms with Gasteiger partial charge in [-0.1, -0.05) is 30.3 Å². The summed E-state index contributed by atoms with van der Waals surface area (Å²) in [6, 6.07) is 10.5. The molecular weight excluding hydrogens is 254 g/mol. The predicted octanol–water partition coefficient (Wildman–Crippen LogP) is 2.13. The van der Waals surface area contributed by atoms with E-state index >= 15 is 0 Å². The van der Waals surface area contributed by atoms with Crippen LogP contribution in [0, 0.1) is 0 Å². The fourth-order valence-electron chi connectivity index (χ4n) is 2.06. The summed E-state index contributed by atoms with van der Waals surface area (Å²) in [4.78, 5) is 13.5. The molecule has 0 N–H and O–H groups in total. The molecule has 0 unspecified atom stereocenters. The Labute approximate surface area is 121 Å². The lowest BCUT2D eigenvalue weighted by Gasteiger charge is -2.21. The van der Waals surface area contributed by atoms with Crippen molar-refractivity contribution in [2.45, 2.75) is 19.3 Å². The van der Waals surface area contributed by atoms with E-state index in [1.807, 2.05) is 6.07 Å². The molecule has 20 heavy (non-hydrogen) atoms. The molecule has 0 heterocycles. The molecule has 0 aliphatic heterocycles. The summed E-state index contributed by atoms with van der Waals surface area (Å²) in [5, 5.41) is 0. The molecule has 1 aromatic carbocycles. The van der Waals surface area contributed by atoms with Gasteiger partial charge in [-0.2, -0.15) is 0 Å². The SMILES string of the molecule is COCCN(CCCc1ccccc1)CCC(=O)OC. The number of esters is 1. The number of carbonyl (C=O) groups excluding carboxylic acids is 1. The second kappa shape index (κ2) is 10.4. The summed E-state index contributed by atoms with van der Waals surface area (Å²) in [6.45, 7) is 3.23. The molecule has 0 amide bonds. The quantitative estimate of drug-likeness (QED) is 0.615. The van der Waals surface area contributed by atoms with Gasteiger partial charge in [-0.15, -0.1) is 0 Å². The van der Waals surface area contributed by atoms with Crippen LogP contribution in [-0.2, 0) is 20.7 Å². The largest absolute Gasteiger partial charge is 0.469 e. The monoisotopic (exact) mass is 279 g/mol. The van der Waals surface area contributed by atoms with Crippen molar-refractivity contribution in [1.29, 1.82) is 0 Å². The number of hydrogen-bond acceptors (Lipinski definition) is 4. The van der Waals surface area contributed by atoms with Crippen LogP contribution in [0.5, 0.6) is 0 Å². The lowest BCUT2D eigenvalue weighted by Crippen LogP contribution is -2.31. The van der Waals surface area contributed by atoms with Gasteiger partial charge in [0.1, 0.15) is 0 Å². The Balaban J connectivity index is 2.30. The number of carbonyl (C=O) groups is 1. The zero-order valence-corrected chi connectivity index (χ0v) is 12.5. The van der Waals surface area contributed by atoms with Crippen LogP contribution in [0.4, 0.5) is 0 Å². The van der Waals surface area contributed by atoms with Crippen molar-refractivity contribution in [2.24, 2.45) is 0 Å². The van der Waals surface area contributed by atoms with E-state index < -0.39 is 0 Å². The van der Waals surface area contributed by atoms with Crippen molar-refractivity contribution >= 4 is 5.97 Å². The molecule has 0 aromatic heterocycles. The fraction of sp³-hybridized carbons (Fsp3) is 0.562. The van der Waals surface area contributed by atoms with Crippen molar-refractivity contribution in [3.05, 3.63) is 35.9 Å². The van der Waals surface area contributed by atoms with Gasteiger partial charge in [-0.05, 0) is 24.9 Å². The molecule has 0 bridgehead atoms. The standard InChI is InChI=1S/C16H25NO3/c1-19-14-13-17(12-10-16(18)20-2)11-6-9-15-7-4-3-5-8-15/h3-5,7-8H,6,9-14H2,1-2H3. The van der Waals surface area contributed by atoms with Crippen LogP contribution in [-0.4, -0.2) is 51.3 Å². The van der Waals surface area contributed by atoms with Crippen LogP contribution in [0.3, 0.4) is 0 Å². The Bertz CT molecular complexity index is 367. The van der Waals surface area contributed by atoms with Gasteiger partial charge < -0.3 is 14.4 Å². The summed E-state index contributed by atoms with van der Waals surface area (Å²) < 4.78 is 9.79. The number of aryl methyl sites for hydroxylation is 1. The molecule has 0 saturated carbocycles. The zero-order valence-electron chi connectivity index (χ0n) is 12.5. The third kappa shape index (κ3) is 7.26. The number of benzene rings is 1. The first-order valence-electron chi connectivity index (χ1n) is 7.08. The highest BCUT2D eigenvalue weighted by Crippen LogP contribution is 2.04. The molecule has 0 radical (unpaired) electrons. The van der Waals surface area contributed by atoms with Crippen LogP contribution in [0.15, 0.2) is 30.3 Å². The van der Waals surface area contributed by atoms with Gasteiger partial charge in [0.25, 0.3) is 0 Å². The van der Waals surface area contributed by atoms with Gasteiger partial charge in [0, 0.05) is 20.2 Å². The lowest BCUT2D eigenvalue weighted by atomic mass is 10.1. The minimum Gasteiger partial charge on any atom is -0.469 e. The molecule has 0 fully saturated rings. The Morgan fingerprint density at radius 3 is 2.50 bits per heavy atom. The number of methoxy groups -OCH3 is 2. The predicted molar refractivity (Wildman–Crippen MR) is 79.7 cm³/mol. The minimum atomic E-state index is -0.157. The first-order chi connectivity index (χ1) is 9.76. The van der Waals surface area contributed by atoms with Crippen LogP contribution in [0.25, 0.3) is 0 Å². The highest BCUT2D eigenvalue weighted by atomic mass is 16.5. The second-order valence-corrected chi connectivity index (χ2v) is 4.75. The Morgan fingerprint density at radius 2 is 1.85 bits per heavy atom. The van der Waals surface area contributed by atoms with Crippen LogP contribution >= 0.6 is 0 Å². The van der Waals surface area contributed by atoms with E-state index in [0.717, 1.165) is 32.5 Å². The molecule has 112 valence electrons. The molecule has 0 aliphatic carbocycles. The smallest absolute Gasteiger partial charge is 0.306 e. The van der Waals surface area contributed by atoms with Gasteiger partial charge in [0.05, 0.1) is 20.1 Å². The van der Waals surface area contributed by atoms with Gasteiger partial charge in [0.2, 0.25) is 0 Å². The summed E-state index contributed by atoms with van der Waals surface area (Å²) >= 11 is 0.